The average molecular weight is 436 g/mol. The lowest BCUT2D eigenvalue weighted by Crippen LogP contribution is -2.51. The first-order chi connectivity index (χ1) is 13.0. The lowest BCUT2D eigenvalue weighted by molar-refractivity contribution is -0.141. The summed E-state index contributed by atoms with van der Waals surface area (Å²) in [7, 11) is 0. The second-order valence-electron chi connectivity index (χ2n) is 7.22. The van der Waals surface area contributed by atoms with Crippen LogP contribution in [0, 0.1) is 5.92 Å². The van der Waals surface area contributed by atoms with E-state index in [1.165, 1.54) is 0 Å². The van der Waals surface area contributed by atoms with Crippen molar-refractivity contribution in [2.75, 3.05) is 24.5 Å². The van der Waals surface area contributed by atoms with Crippen LogP contribution >= 0.6 is 15.9 Å². The molecular formula is C20H26BrN3O3. The van der Waals surface area contributed by atoms with Crippen LogP contribution in [0.15, 0.2) is 28.7 Å². The van der Waals surface area contributed by atoms with Crippen molar-refractivity contribution in [3.63, 3.8) is 0 Å². The molecule has 2 aliphatic heterocycles. The van der Waals surface area contributed by atoms with Crippen molar-refractivity contribution < 1.29 is 14.4 Å². The number of hydrogen-bond donors (Lipinski definition) is 1. The van der Waals surface area contributed by atoms with Gasteiger partial charge in [0.05, 0.1) is 5.69 Å². The molecule has 1 N–H and O–H groups in total. The van der Waals surface area contributed by atoms with Gasteiger partial charge in [-0.25, -0.2) is 0 Å². The maximum Gasteiger partial charge on any atom is 0.239 e. The van der Waals surface area contributed by atoms with E-state index in [0.29, 0.717) is 32.5 Å². The van der Waals surface area contributed by atoms with Gasteiger partial charge in [-0.1, -0.05) is 19.1 Å². The molecule has 2 saturated heterocycles. The Balaban J connectivity index is 1.63. The van der Waals surface area contributed by atoms with E-state index < -0.39 is 5.92 Å². The first kappa shape index (κ1) is 19.9. The van der Waals surface area contributed by atoms with Crippen LogP contribution in [0.2, 0.25) is 0 Å². The number of halogens is 1. The molecule has 0 unspecified atom stereocenters. The number of rotatable bonds is 5. The number of anilines is 1. The third-order valence-corrected chi connectivity index (χ3v) is 5.89. The highest BCUT2D eigenvalue weighted by Gasteiger charge is 2.41. The zero-order chi connectivity index (χ0) is 19.4. The van der Waals surface area contributed by atoms with Crippen molar-refractivity contribution >= 4 is 39.3 Å². The first-order valence-electron chi connectivity index (χ1n) is 9.65. The molecule has 2 aliphatic rings. The normalized spacial score (nSPS) is 22.8. The van der Waals surface area contributed by atoms with Crippen LogP contribution in [0.5, 0.6) is 0 Å². The third-order valence-electron chi connectivity index (χ3n) is 5.22. The zero-order valence-electron chi connectivity index (χ0n) is 15.6. The third kappa shape index (κ3) is 4.51. The fourth-order valence-corrected chi connectivity index (χ4v) is 4.36. The van der Waals surface area contributed by atoms with Gasteiger partial charge in [0.2, 0.25) is 17.7 Å². The van der Waals surface area contributed by atoms with Gasteiger partial charge in [-0.15, -0.1) is 0 Å². The molecule has 3 rings (SSSR count). The molecule has 2 fully saturated rings. The van der Waals surface area contributed by atoms with Crippen molar-refractivity contribution in [1.29, 1.82) is 0 Å². The Morgan fingerprint density at radius 1 is 1.22 bits per heavy atom. The van der Waals surface area contributed by atoms with E-state index in [0.717, 1.165) is 29.4 Å². The monoisotopic (exact) mass is 435 g/mol. The van der Waals surface area contributed by atoms with E-state index in [2.05, 4.69) is 21.2 Å². The topological polar surface area (TPSA) is 69.7 Å². The van der Waals surface area contributed by atoms with Crippen molar-refractivity contribution in [2.24, 2.45) is 5.92 Å². The molecule has 1 aromatic rings. The number of likely N-dealkylation sites (tertiary alicyclic amines) is 1. The number of para-hydroxylation sites is 1. The number of nitrogens with one attached hydrogen (secondary N) is 1. The van der Waals surface area contributed by atoms with E-state index in [4.69, 9.17) is 0 Å². The minimum Gasteiger partial charge on any atom is -0.352 e. The van der Waals surface area contributed by atoms with Crippen LogP contribution in [-0.4, -0.2) is 48.3 Å². The molecule has 2 heterocycles. The number of carbonyl (C=O) groups is 3. The molecule has 7 heteroatoms. The Morgan fingerprint density at radius 3 is 2.74 bits per heavy atom. The van der Waals surface area contributed by atoms with Crippen molar-refractivity contribution in [1.82, 2.24) is 10.2 Å². The Bertz CT molecular complexity index is 724. The Morgan fingerprint density at radius 2 is 2.00 bits per heavy atom. The maximum atomic E-state index is 13.0. The summed E-state index contributed by atoms with van der Waals surface area (Å²) in [5.41, 5.74) is 0.807. The smallest absolute Gasteiger partial charge is 0.239 e. The molecule has 6 nitrogen and oxygen atoms in total. The average Bonchev–Trinajstić information content (AvgIpc) is 3.03. The quantitative estimate of drug-likeness (QED) is 0.722. The standard InChI is InChI=1S/C20H26BrN3O3/c1-2-6-18(25)22-14-7-5-11-23(13-14)19(26)15-10-12-24(20(15)27)17-9-4-3-8-16(17)21/h3-4,8-9,14-15H,2,5-7,10-13H2,1H3,(H,22,25)/t14-,15+/m0/s1. The Kier molecular flexibility index (Phi) is 6.52. The van der Waals surface area contributed by atoms with Gasteiger partial charge in [0, 0.05) is 36.6 Å². The summed E-state index contributed by atoms with van der Waals surface area (Å²) in [4.78, 5) is 41.2. The summed E-state index contributed by atoms with van der Waals surface area (Å²) >= 11 is 3.48. The molecule has 3 amide bonds. The lowest BCUT2D eigenvalue weighted by Gasteiger charge is -2.34. The van der Waals surface area contributed by atoms with Gasteiger partial charge in [-0.05, 0) is 53.7 Å². The lowest BCUT2D eigenvalue weighted by atomic mass is 10.0. The summed E-state index contributed by atoms with van der Waals surface area (Å²) < 4.78 is 0.850. The molecule has 0 aliphatic carbocycles. The minimum atomic E-state index is -0.623. The fraction of sp³-hybridized carbons (Fsp3) is 0.550. The number of nitrogens with zero attached hydrogens (tertiary/aromatic N) is 2. The molecule has 0 bridgehead atoms. The first-order valence-corrected chi connectivity index (χ1v) is 10.4. The highest BCUT2D eigenvalue weighted by molar-refractivity contribution is 9.10. The number of benzene rings is 1. The molecule has 0 aromatic heterocycles. The predicted octanol–water partition coefficient (Wildman–Crippen LogP) is 2.71. The van der Waals surface area contributed by atoms with Crippen molar-refractivity contribution in [2.45, 2.75) is 45.1 Å². The number of hydrogen-bond acceptors (Lipinski definition) is 3. The van der Waals surface area contributed by atoms with Crippen molar-refractivity contribution in [3.8, 4) is 0 Å². The molecule has 0 spiro atoms. The summed E-state index contributed by atoms with van der Waals surface area (Å²) in [6.45, 7) is 3.66. The molecule has 0 saturated carbocycles. The Labute approximate surface area is 168 Å². The zero-order valence-corrected chi connectivity index (χ0v) is 17.2. The number of amides is 3. The maximum absolute atomic E-state index is 13.0. The van der Waals surface area contributed by atoms with Crippen LogP contribution in [0.1, 0.15) is 39.0 Å². The minimum absolute atomic E-state index is 0.0161. The van der Waals surface area contributed by atoms with Crippen LogP contribution < -0.4 is 10.2 Å². The van der Waals surface area contributed by atoms with E-state index >= 15 is 0 Å². The SMILES string of the molecule is CCCC(=O)N[C@H]1CCCN(C(=O)[C@H]2CCN(c3ccccc3Br)C2=O)C1. The number of piperidine rings is 1. The van der Waals surface area contributed by atoms with E-state index in [1.54, 1.807) is 9.80 Å². The van der Waals surface area contributed by atoms with Crippen LogP contribution in [0.4, 0.5) is 5.69 Å². The van der Waals surface area contributed by atoms with Gasteiger partial charge in [-0.3, -0.25) is 14.4 Å². The number of carbonyl (C=O) groups excluding carboxylic acids is 3. The van der Waals surface area contributed by atoms with Gasteiger partial charge < -0.3 is 15.1 Å². The fourth-order valence-electron chi connectivity index (χ4n) is 3.86. The summed E-state index contributed by atoms with van der Waals surface area (Å²) in [6.07, 6.45) is 3.57. The van der Waals surface area contributed by atoms with Crippen LogP contribution in [0.3, 0.4) is 0 Å². The largest absolute Gasteiger partial charge is 0.352 e. The van der Waals surface area contributed by atoms with Crippen LogP contribution in [0.25, 0.3) is 0 Å². The Hall–Kier alpha value is -1.89. The summed E-state index contributed by atoms with van der Waals surface area (Å²) in [6, 6.07) is 7.55. The summed E-state index contributed by atoms with van der Waals surface area (Å²) in [5.74, 6) is -0.830. The highest BCUT2D eigenvalue weighted by atomic mass is 79.9. The van der Waals surface area contributed by atoms with Crippen molar-refractivity contribution in [3.05, 3.63) is 28.7 Å². The molecule has 1 aromatic carbocycles. The van der Waals surface area contributed by atoms with Gasteiger partial charge in [0.25, 0.3) is 0 Å². The second kappa shape index (κ2) is 8.87. The van der Waals surface area contributed by atoms with Gasteiger partial charge in [-0.2, -0.15) is 0 Å². The van der Waals surface area contributed by atoms with E-state index in [-0.39, 0.29) is 23.8 Å². The summed E-state index contributed by atoms with van der Waals surface area (Å²) in [5, 5.41) is 3.01. The van der Waals surface area contributed by atoms with Gasteiger partial charge >= 0.3 is 0 Å². The molecular weight excluding hydrogens is 410 g/mol. The van der Waals surface area contributed by atoms with Crippen LogP contribution in [-0.2, 0) is 14.4 Å². The molecule has 27 heavy (non-hydrogen) atoms. The molecule has 2 atom stereocenters. The van der Waals surface area contributed by atoms with E-state index in [9.17, 15) is 14.4 Å². The van der Waals surface area contributed by atoms with Gasteiger partial charge in [0.1, 0.15) is 5.92 Å². The highest BCUT2D eigenvalue weighted by Crippen LogP contribution is 2.32. The second-order valence-corrected chi connectivity index (χ2v) is 8.08. The van der Waals surface area contributed by atoms with Gasteiger partial charge in [0.15, 0.2) is 0 Å². The molecule has 0 radical (unpaired) electrons. The predicted molar refractivity (Wildman–Crippen MR) is 107 cm³/mol. The molecule has 146 valence electrons. The van der Waals surface area contributed by atoms with E-state index in [1.807, 2.05) is 31.2 Å².